The molecule has 0 saturated carbocycles. The first-order chi connectivity index (χ1) is 40.0. The van der Waals surface area contributed by atoms with Crippen LogP contribution in [0.1, 0.15) is 316 Å². The summed E-state index contributed by atoms with van der Waals surface area (Å²) in [6.07, 6.45) is 95.2. The van der Waals surface area contributed by atoms with Crippen LogP contribution in [0.15, 0.2) is 122 Å². The van der Waals surface area contributed by atoms with E-state index in [1.165, 1.54) is 135 Å². The Morgan fingerprint density at radius 3 is 0.827 bits per heavy atom. The van der Waals surface area contributed by atoms with E-state index in [0.717, 1.165) is 141 Å². The summed E-state index contributed by atoms with van der Waals surface area (Å²) >= 11 is 0. The third-order valence-electron chi connectivity index (χ3n) is 14.4. The number of carbonyl (C=O) groups excluding carboxylic acids is 3. The Morgan fingerprint density at radius 1 is 0.259 bits per heavy atom. The highest BCUT2D eigenvalue weighted by atomic mass is 16.6. The average Bonchev–Trinajstić information content (AvgIpc) is 3.47. The number of allylic oxidation sites excluding steroid dienone is 20. The predicted molar refractivity (Wildman–Crippen MR) is 353 cm³/mol. The van der Waals surface area contributed by atoms with Crippen molar-refractivity contribution in [2.75, 3.05) is 13.2 Å². The van der Waals surface area contributed by atoms with Crippen LogP contribution in [0.3, 0.4) is 0 Å². The summed E-state index contributed by atoms with van der Waals surface area (Å²) in [5.74, 6) is -0.928. The van der Waals surface area contributed by atoms with Crippen LogP contribution in [0.5, 0.6) is 0 Å². The molecule has 0 radical (unpaired) electrons. The lowest BCUT2D eigenvalue weighted by Gasteiger charge is -2.18. The molecule has 0 aromatic heterocycles. The van der Waals surface area contributed by atoms with Gasteiger partial charge in [-0.2, -0.15) is 0 Å². The Hall–Kier alpha value is -4.19. The monoisotopic (exact) mass is 1120 g/mol. The summed E-state index contributed by atoms with van der Waals surface area (Å²) in [7, 11) is 0. The fourth-order valence-electron chi connectivity index (χ4n) is 9.38. The van der Waals surface area contributed by atoms with E-state index >= 15 is 0 Å². The van der Waals surface area contributed by atoms with E-state index in [-0.39, 0.29) is 31.1 Å². The summed E-state index contributed by atoms with van der Waals surface area (Å²) in [6.45, 7) is 6.46. The van der Waals surface area contributed by atoms with Crippen LogP contribution in [0.2, 0.25) is 0 Å². The van der Waals surface area contributed by atoms with E-state index in [0.29, 0.717) is 19.3 Å². The topological polar surface area (TPSA) is 78.9 Å². The molecule has 0 fully saturated rings. The number of hydrogen-bond acceptors (Lipinski definition) is 6. The molecule has 0 aliphatic heterocycles. The largest absolute Gasteiger partial charge is 0.462 e. The van der Waals surface area contributed by atoms with Crippen LogP contribution in [0.4, 0.5) is 0 Å². The molecule has 0 aliphatic carbocycles. The number of hydrogen-bond donors (Lipinski definition) is 0. The molecule has 0 bridgehead atoms. The highest BCUT2D eigenvalue weighted by molar-refractivity contribution is 5.71. The van der Waals surface area contributed by atoms with Crippen molar-refractivity contribution in [2.45, 2.75) is 322 Å². The summed E-state index contributed by atoms with van der Waals surface area (Å²) in [4.78, 5) is 38.3. The lowest BCUT2D eigenvalue weighted by molar-refractivity contribution is -0.167. The molecule has 0 saturated heterocycles. The Morgan fingerprint density at radius 2 is 0.506 bits per heavy atom. The van der Waals surface area contributed by atoms with Gasteiger partial charge >= 0.3 is 17.9 Å². The quantitative estimate of drug-likeness (QED) is 0.0261. The van der Waals surface area contributed by atoms with E-state index in [2.05, 4.69) is 142 Å². The van der Waals surface area contributed by atoms with Crippen molar-refractivity contribution in [3.8, 4) is 0 Å². The van der Waals surface area contributed by atoms with E-state index in [4.69, 9.17) is 14.2 Å². The van der Waals surface area contributed by atoms with Gasteiger partial charge in [0.15, 0.2) is 6.10 Å². The van der Waals surface area contributed by atoms with Gasteiger partial charge in [-0.1, -0.05) is 309 Å². The number of esters is 3. The minimum Gasteiger partial charge on any atom is -0.462 e. The molecular weight excluding hydrogens is 997 g/mol. The van der Waals surface area contributed by atoms with Gasteiger partial charge in [-0.25, -0.2) is 0 Å². The second kappa shape index (κ2) is 68.3. The van der Waals surface area contributed by atoms with Crippen LogP contribution in [0.25, 0.3) is 0 Å². The zero-order valence-corrected chi connectivity index (χ0v) is 53.0. The molecule has 0 aliphatic rings. The molecule has 1 unspecified atom stereocenters. The summed E-state index contributed by atoms with van der Waals surface area (Å²) in [6, 6.07) is 0. The third-order valence-corrected chi connectivity index (χ3v) is 14.4. The highest BCUT2D eigenvalue weighted by Crippen LogP contribution is 2.17. The maximum atomic E-state index is 12.9. The van der Waals surface area contributed by atoms with Gasteiger partial charge in [-0.3, -0.25) is 14.4 Å². The van der Waals surface area contributed by atoms with Gasteiger partial charge in [-0.15, -0.1) is 0 Å². The van der Waals surface area contributed by atoms with Crippen molar-refractivity contribution in [1.29, 1.82) is 0 Å². The Balaban J connectivity index is 4.30. The molecule has 6 heteroatoms. The fourth-order valence-corrected chi connectivity index (χ4v) is 9.38. The van der Waals surface area contributed by atoms with Crippen molar-refractivity contribution in [1.82, 2.24) is 0 Å². The highest BCUT2D eigenvalue weighted by Gasteiger charge is 2.19. The molecule has 6 nitrogen and oxygen atoms in total. The molecule has 462 valence electrons. The molecule has 81 heavy (non-hydrogen) atoms. The number of rotatable bonds is 61. The van der Waals surface area contributed by atoms with Gasteiger partial charge in [0.05, 0.1) is 0 Å². The predicted octanol–water partition coefficient (Wildman–Crippen LogP) is 23.6. The van der Waals surface area contributed by atoms with E-state index in [9.17, 15) is 14.4 Å². The van der Waals surface area contributed by atoms with Gasteiger partial charge in [0, 0.05) is 19.3 Å². The van der Waals surface area contributed by atoms with E-state index in [1.54, 1.807) is 0 Å². The van der Waals surface area contributed by atoms with Crippen molar-refractivity contribution in [3.05, 3.63) is 122 Å². The van der Waals surface area contributed by atoms with Gasteiger partial charge < -0.3 is 14.2 Å². The van der Waals surface area contributed by atoms with Crippen molar-refractivity contribution >= 4 is 17.9 Å². The lowest BCUT2D eigenvalue weighted by atomic mass is 10.0. The molecule has 0 spiro atoms. The average molecular weight is 1120 g/mol. The van der Waals surface area contributed by atoms with Gasteiger partial charge in [0.2, 0.25) is 0 Å². The molecular formula is C75H126O6. The van der Waals surface area contributed by atoms with Gasteiger partial charge in [0.1, 0.15) is 13.2 Å². The first kappa shape index (κ1) is 76.8. The zero-order valence-electron chi connectivity index (χ0n) is 53.0. The number of unbranched alkanes of at least 4 members (excludes halogenated alkanes) is 30. The molecule has 0 heterocycles. The summed E-state index contributed by atoms with van der Waals surface area (Å²) < 4.78 is 16.9. The summed E-state index contributed by atoms with van der Waals surface area (Å²) in [5.41, 5.74) is 0. The van der Waals surface area contributed by atoms with Crippen molar-refractivity contribution in [2.24, 2.45) is 0 Å². The standard InChI is InChI=1S/C75H126O6/c1-4-7-10-13-16-19-22-24-26-28-30-32-34-35-36-37-38-39-40-41-42-44-45-47-49-51-53-56-59-62-65-68-74(77)80-71-72(70-79-73(76)67-64-61-58-55-21-18-15-12-9-6-3)81-75(78)69-66-63-60-57-54-52-50-48-46-43-33-31-29-27-25-23-20-17-14-11-8-5-2/h7,10,12,15-16,19,24,26,30,32,35-36,38-39,41-42,45,47,51,53,72H,4-6,8-9,11,13-14,17-18,20-23,25,27-29,31,33-34,37,40,43-44,46,48-50,52,54-71H2,1-3H3/b10-7-,15-12-,19-16-,26-24-,32-30-,36-35-,39-38-,42-41-,47-45-,53-51-. The zero-order chi connectivity index (χ0) is 58.5. The molecule has 0 aromatic carbocycles. The first-order valence-electron chi connectivity index (χ1n) is 34.0. The van der Waals surface area contributed by atoms with Crippen LogP contribution in [-0.2, 0) is 28.6 Å². The Kier molecular flexibility index (Phi) is 64.8. The van der Waals surface area contributed by atoms with Crippen LogP contribution in [-0.4, -0.2) is 37.2 Å². The molecule has 0 amide bonds. The second-order valence-electron chi connectivity index (χ2n) is 22.4. The normalized spacial score (nSPS) is 12.9. The maximum absolute atomic E-state index is 12.9. The lowest BCUT2D eigenvalue weighted by Crippen LogP contribution is -2.30. The smallest absolute Gasteiger partial charge is 0.306 e. The number of carbonyl (C=O) groups is 3. The van der Waals surface area contributed by atoms with E-state index in [1.807, 2.05) is 0 Å². The van der Waals surface area contributed by atoms with E-state index < -0.39 is 6.10 Å². The summed E-state index contributed by atoms with van der Waals surface area (Å²) in [5, 5.41) is 0. The Labute approximate surface area is 501 Å². The maximum Gasteiger partial charge on any atom is 0.306 e. The SMILES string of the molecule is CC/C=C\C/C=C\C/C=C\C/C=C\C/C=C\C/C=C\C/C=C\C/C=C\C/C=C\CCCCCC(=O)OCC(COC(=O)CCCCCCC/C=C\CCC)OC(=O)CCCCCCCCCCCCCCCCCCCCCCCC. The van der Waals surface area contributed by atoms with Crippen molar-refractivity contribution in [3.63, 3.8) is 0 Å². The van der Waals surface area contributed by atoms with Crippen LogP contribution >= 0.6 is 0 Å². The minimum atomic E-state index is -0.797. The molecule has 0 aromatic rings. The molecule has 1 atom stereocenters. The van der Waals surface area contributed by atoms with Crippen molar-refractivity contribution < 1.29 is 28.6 Å². The Bertz CT molecular complexity index is 1670. The molecule has 0 N–H and O–H groups in total. The second-order valence-corrected chi connectivity index (χ2v) is 22.4. The van der Waals surface area contributed by atoms with Gasteiger partial charge in [0.25, 0.3) is 0 Å². The molecule has 0 rings (SSSR count). The van der Waals surface area contributed by atoms with Crippen LogP contribution < -0.4 is 0 Å². The van der Waals surface area contributed by atoms with Gasteiger partial charge in [-0.05, 0) is 109 Å². The minimum absolute atomic E-state index is 0.0927. The number of ether oxygens (including phenoxy) is 3. The first-order valence-corrected chi connectivity index (χ1v) is 34.0. The third kappa shape index (κ3) is 66.5. The van der Waals surface area contributed by atoms with Crippen LogP contribution in [0, 0.1) is 0 Å². The fraction of sp³-hybridized carbons (Fsp3) is 0.693.